The van der Waals surface area contributed by atoms with Crippen LogP contribution in [0.2, 0.25) is 0 Å². The quantitative estimate of drug-likeness (QED) is 0.344. The van der Waals surface area contributed by atoms with Crippen molar-refractivity contribution in [3.8, 4) is 0 Å². The second-order valence-electron chi connectivity index (χ2n) is 12.5. The number of anilines is 1. The molecule has 2 aliphatic heterocycles. The third kappa shape index (κ3) is 7.39. The van der Waals surface area contributed by atoms with Crippen molar-refractivity contribution >= 4 is 17.7 Å². The van der Waals surface area contributed by atoms with Gasteiger partial charge in [0, 0.05) is 44.5 Å². The number of fused-ring (bicyclic) bond motifs is 1. The molecule has 2 aliphatic rings. The Kier molecular flexibility index (Phi) is 9.29. The van der Waals surface area contributed by atoms with Gasteiger partial charge in [0.25, 0.3) is 0 Å². The van der Waals surface area contributed by atoms with Gasteiger partial charge in [0.2, 0.25) is 5.91 Å². The molecule has 2 atom stereocenters. The zero-order valence-corrected chi connectivity index (χ0v) is 25.0. The molecular formula is C35H43N3O4. The summed E-state index contributed by atoms with van der Waals surface area (Å²) in [7, 11) is 0. The van der Waals surface area contributed by atoms with Crippen molar-refractivity contribution in [3.63, 3.8) is 0 Å². The fraction of sp³-hybridized carbons (Fsp3) is 0.429. The fourth-order valence-corrected chi connectivity index (χ4v) is 6.17. The molecule has 0 radical (unpaired) electrons. The Labute approximate surface area is 249 Å². The maximum atomic E-state index is 14.0. The zero-order valence-electron chi connectivity index (χ0n) is 25.0. The van der Waals surface area contributed by atoms with Gasteiger partial charge < -0.3 is 19.6 Å². The molecule has 0 bridgehead atoms. The molecule has 1 fully saturated rings. The highest BCUT2D eigenvalue weighted by Crippen LogP contribution is 2.42. The molecule has 0 aliphatic carbocycles. The number of piperidine rings is 1. The number of benzene rings is 3. The van der Waals surface area contributed by atoms with E-state index in [1.807, 2.05) is 86.3 Å². The molecule has 1 saturated heterocycles. The van der Waals surface area contributed by atoms with Crippen molar-refractivity contribution < 1.29 is 19.4 Å². The molecule has 42 heavy (non-hydrogen) atoms. The lowest BCUT2D eigenvalue weighted by molar-refractivity contribution is -0.120. The maximum absolute atomic E-state index is 14.0. The molecule has 1 N–H and O–H groups in total. The van der Waals surface area contributed by atoms with Crippen molar-refractivity contribution in [2.45, 2.75) is 76.8 Å². The van der Waals surface area contributed by atoms with Crippen LogP contribution in [0, 0.1) is 0 Å². The van der Waals surface area contributed by atoms with Crippen molar-refractivity contribution in [2.24, 2.45) is 0 Å². The van der Waals surface area contributed by atoms with E-state index in [0.717, 1.165) is 11.3 Å². The van der Waals surface area contributed by atoms with Crippen LogP contribution in [-0.4, -0.2) is 64.3 Å². The minimum Gasteiger partial charge on any atom is -0.444 e. The van der Waals surface area contributed by atoms with E-state index in [4.69, 9.17) is 4.74 Å². The summed E-state index contributed by atoms with van der Waals surface area (Å²) < 4.78 is 5.56. The van der Waals surface area contributed by atoms with Gasteiger partial charge in [-0.3, -0.25) is 9.69 Å². The van der Waals surface area contributed by atoms with E-state index in [2.05, 4.69) is 29.2 Å². The average molecular weight is 570 g/mol. The van der Waals surface area contributed by atoms with E-state index in [9.17, 15) is 14.7 Å². The molecule has 2 unspecified atom stereocenters. The molecule has 0 spiro atoms. The van der Waals surface area contributed by atoms with Crippen LogP contribution >= 0.6 is 0 Å². The molecule has 7 nitrogen and oxygen atoms in total. The van der Waals surface area contributed by atoms with Crippen LogP contribution in [0.5, 0.6) is 0 Å². The Morgan fingerprint density at radius 1 is 0.905 bits per heavy atom. The van der Waals surface area contributed by atoms with E-state index in [0.29, 0.717) is 52.0 Å². The molecule has 0 aromatic heterocycles. The molecule has 0 saturated carbocycles. The number of rotatable bonds is 9. The largest absolute Gasteiger partial charge is 0.444 e. The van der Waals surface area contributed by atoms with E-state index in [1.54, 1.807) is 4.90 Å². The minimum atomic E-state index is -0.673. The molecule has 5 rings (SSSR count). The molecule has 3 aromatic carbocycles. The number of ether oxygens (including phenoxy) is 1. The van der Waals surface area contributed by atoms with E-state index in [1.165, 1.54) is 11.1 Å². The van der Waals surface area contributed by atoms with E-state index >= 15 is 0 Å². The highest BCUT2D eigenvalue weighted by molar-refractivity contribution is 6.05. The first-order valence-corrected chi connectivity index (χ1v) is 15.1. The number of aliphatic hydroxyl groups is 1. The molecule has 222 valence electrons. The zero-order chi connectivity index (χ0) is 29.7. The summed E-state index contributed by atoms with van der Waals surface area (Å²) in [6.07, 6.45) is 0.773. The number of nitrogens with zero attached hydrogens (tertiary/aromatic N) is 3. The summed E-state index contributed by atoms with van der Waals surface area (Å²) in [4.78, 5) is 32.5. The molecule has 3 aromatic rings. The van der Waals surface area contributed by atoms with Gasteiger partial charge in [-0.1, -0.05) is 78.9 Å². The molecule has 2 amide bonds. The highest BCUT2D eigenvalue weighted by Gasteiger charge is 2.42. The third-order valence-electron chi connectivity index (χ3n) is 8.06. The predicted molar refractivity (Wildman–Crippen MR) is 165 cm³/mol. The number of para-hydroxylation sites is 1. The van der Waals surface area contributed by atoms with Gasteiger partial charge in [0.1, 0.15) is 5.60 Å². The van der Waals surface area contributed by atoms with E-state index < -0.39 is 17.6 Å². The Hall–Kier alpha value is -3.68. The smallest absolute Gasteiger partial charge is 0.410 e. The second kappa shape index (κ2) is 13.1. The first-order chi connectivity index (χ1) is 20.2. The Bertz CT molecular complexity index is 1290. The third-order valence-corrected chi connectivity index (χ3v) is 8.06. The lowest BCUT2D eigenvalue weighted by Crippen LogP contribution is -2.49. The van der Waals surface area contributed by atoms with Gasteiger partial charge in [0.05, 0.1) is 12.0 Å². The molecule has 7 heteroatoms. The highest BCUT2D eigenvalue weighted by atomic mass is 16.6. The number of carbonyl (C=O) groups is 2. The standard InChI is InChI=1S/C35H43N3O4/c1-35(2,3)42-34(41)37-20-18-28(19-21-37)38-32-17-11-10-16-30(32)31(33(38)40)22-29(39)25-36(23-26-12-6-4-7-13-26)24-27-14-8-5-9-15-27/h4-17,28-29,31,39H,18-25H2,1-3H3. The van der Waals surface area contributed by atoms with Crippen molar-refractivity contribution in [1.29, 1.82) is 0 Å². The summed E-state index contributed by atoms with van der Waals surface area (Å²) in [5, 5.41) is 11.4. The lowest BCUT2D eigenvalue weighted by atomic mass is 9.94. The fourth-order valence-electron chi connectivity index (χ4n) is 6.17. The normalized spacial score (nSPS) is 18.3. The number of aliphatic hydroxyl groups excluding tert-OH is 1. The monoisotopic (exact) mass is 569 g/mol. The van der Waals surface area contributed by atoms with Gasteiger partial charge >= 0.3 is 6.09 Å². The topological polar surface area (TPSA) is 73.3 Å². The SMILES string of the molecule is CC(C)(C)OC(=O)N1CCC(N2C(=O)C(CC(O)CN(Cc3ccccc3)Cc3ccccc3)c3ccccc32)CC1. The summed E-state index contributed by atoms with van der Waals surface area (Å²) in [5.41, 5.74) is 3.75. The summed E-state index contributed by atoms with van der Waals surface area (Å²) in [6, 6.07) is 28.6. The van der Waals surface area contributed by atoms with E-state index in [-0.39, 0.29) is 18.0 Å². The first-order valence-electron chi connectivity index (χ1n) is 15.1. The maximum Gasteiger partial charge on any atom is 0.410 e. The van der Waals surface area contributed by atoms with Crippen LogP contribution in [-0.2, 0) is 22.6 Å². The number of hydrogen-bond acceptors (Lipinski definition) is 5. The van der Waals surface area contributed by atoms with Gasteiger partial charge in [0.15, 0.2) is 0 Å². The van der Waals surface area contributed by atoms with Crippen LogP contribution in [0.3, 0.4) is 0 Å². The van der Waals surface area contributed by atoms with Gasteiger partial charge in [-0.25, -0.2) is 4.79 Å². The van der Waals surface area contributed by atoms with Crippen LogP contribution in [0.15, 0.2) is 84.9 Å². The summed E-state index contributed by atoms with van der Waals surface area (Å²) in [5.74, 6) is -0.348. The van der Waals surface area contributed by atoms with Crippen LogP contribution in [0.1, 0.15) is 62.6 Å². The number of hydrogen-bond donors (Lipinski definition) is 1. The van der Waals surface area contributed by atoms with Crippen LogP contribution in [0.25, 0.3) is 0 Å². The summed E-state index contributed by atoms with van der Waals surface area (Å²) in [6.45, 7) is 8.59. The predicted octanol–water partition coefficient (Wildman–Crippen LogP) is 5.97. The van der Waals surface area contributed by atoms with Crippen LogP contribution in [0.4, 0.5) is 10.5 Å². The van der Waals surface area contributed by atoms with Crippen molar-refractivity contribution in [2.75, 3.05) is 24.5 Å². The molecular weight excluding hydrogens is 526 g/mol. The van der Waals surface area contributed by atoms with Crippen LogP contribution < -0.4 is 4.90 Å². The number of likely N-dealkylation sites (tertiary alicyclic amines) is 1. The van der Waals surface area contributed by atoms with Crippen molar-refractivity contribution in [1.82, 2.24) is 9.80 Å². The number of carbonyl (C=O) groups excluding carboxylic acids is 2. The van der Waals surface area contributed by atoms with Gasteiger partial charge in [-0.05, 0) is 62.8 Å². The van der Waals surface area contributed by atoms with Gasteiger partial charge in [-0.15, -0.1) is 0 Å². The first kappa shape index (κ1) is 29.8. The lowest BCUT2D eigenvalue weighted by Gasteiger charge is -2.37. The van der Waals surface area contributed by atoms with Gasteiger partial charge in [-0.2, -0.15) is 0 Å². The Morgan fingerprint density at radius 2 is 1.45 bits per heavy atom. The average Bonchev–Trinajstić information content (AvgIpc) is 3.24. The minimum absolute atomic E-state index is 0.00661. The molecule has 2 heterocycles. The summed E-state index contributed by atoms with van der Waals surface area (Å²) >= 11 is 0. The Balaban J connectivity index is 1.26. The van der Waals surface area contributed by atoms with Crippen molar-refractivity contribution in [3.05, 3.63) is 102 Å². The number of amides is 2. The Morgan fingerprint density at radius 3 is 2.02 bits per heavy atom. The second-order valence-corrected chi connectivity index (χ2v) is 12.5.